The number of anilines is 1. The van der Waals surface area contributed by atoms with Crippen LogP contribution in [0.5, 0.6) is 5.88 Å². The standard InChI is InChI=1S/C13H15ClN4O/c1-8-12(14)17-9(2)18-13(8)16-7-10-4-5-11(19-3)15-6-10/h4-6H,7H2,1-3H3,(H,16,17,18). The summed E-state index contributed by atoms with van der Waals surface area (Å²) in [5.41, 5.74) is 1.88. The van der Waals surface area contributed by atoms with Crippen molar-refractivity contribution in [1.82, 2.24) is 15.0 Å². The van der Waals surface area contributed by atoms with Crippen molar-refractivity contribution in [2.24, 2.45) is 0 Å². The van der Waals surface area contributed by atoms with Crippen LogP contribution in [-0.4, -0.2) is 22.1 Å². The zero-order valence-corrected chi connectivity index (χ0v) is 11.8. The van der Waals surface area contributed by atoms with Crippen LogP contribution in [0.1, 0.15) is 17.0 Å². The van der Waals surface area contributed by atoms with Crippen LogP contribution in [0.4, 0.5) is 5.82 Å². The molecule has 5 nitrogen and oxygen atoms in total. The quantitative estimate of drug-likeness (QED) is 0.872. The second kappa shape index (κ2) is 5.84. The molecule has 0 amide bonds. The van der Waals surface area contributed by atoms with E-state index in [-0.39, 0.29) is 0 Å². The zero-order valence-electron chi connectivity index (χ0n) is 11.1. The topological polar surface area (TPSA) is 59.9 Å². The molecular formula is C13H15ClN4O. The molecule has 0 atom stereocenters. The van der Waals surface area contributed by atoms with Crippen LogP contribution in [0, 0.1) is 13.8 Å². The van der Waals surface area contributed by atoms with Crippen molar-refractivity contribution in [3.63, 3.8) is 0 Å². The maximum Gasteiger partial charge on any atom is 0.212 e. The van der Waals surface area contributed by atoms with Crippen LogP contribution in [0.3, 0.4) is 0 Å². The number of halogens is 1. The summed E-state index contributed by atoms with van der Waals surface area (Å²) < 4.78 is 5.01. The molecule has 1 N–H and O–H groups in total. The average Bonchev–Trinajstić information content (AvgIpc) is 2.41. The molecule has 19 heavy (non-hydrogen) atoms. The summed E-state index contributed by atoms with van der Waals surface area (Å²) in [6, 6.07) is 3.77. The minimum absolute atomic E-state index is 0.475. The number of methoxy groups -OCH3 is 1. The fraction of sp³-hybridized carbons (Fsp3) is 0.308. The van der Waals surface area contributed by atoms with Crippen LogP contribution < -0.4 is 10.1 Å². The first-order valence-electron chi connectivity index (χ1n) is 5.83. The number of hydrogen-bond acceptors (Lipinski definition) is 5. The highest BCUT2D eigenvalue weighted by molar-refractivity contribution is 6.30. The van der Waals surface area contributed by atoms with Crippen molar-refractivity contribution in [1.29, 1.82) is 0 Å². The molecule has 0 aliphatic heterocycles. The third-order valence-corrected chi connectivity index (χ3v) is 3.03. The van der Waals surface area contributed by atoms with Gasteiger partial charge < -0.3 is 10.1 Å². The van der Waals surface area contributed by atoms with E-state index in [1.807, 2.05) is 26.0 Å². The minimum atomic E-state index is 0.475. The first-order chi connectivity index (χ1) is 9.10. The lowest BCUT2D eigenvalue weighted by atomic mass is 10.2. The molecule has 2 rings (SSSR count). The van der Waals surface area contributed by atoms with Gasteiger partial charge in [-0.1, -0.05) is 17.7 Å². The zero-order chi connectivity index (χ0) is 13.8. The van der Waals surface area contributed by atoms with Gasteiger partial charge in [0.15, 0.2) is 0 Å². The van der Waals surface area contributed by atoms with Gasteiger partial charge in [-0.15, -0.1) is 0 Å². The monoisotopic (exact) mass is 278 g/mol. The van der Waals surface area contributed by atoms with E-state index < -0.39 is 0 Å². The molecule has 0 spiro atoms. The van der Waals surface area contributed by atoms with Crippen molar-refractivity contribution in [3.8, 4) is 5.88 Å². The lowest BCUT2D eigenvalue weighted by molar-refractivity contribution is 0.397. The highest BCUT2D eigenvalue weighted by Crippen LogP contribution is 2.20. The van der Waals surface area contributed by atoms with Gasteiger partial charge in [-0.3, -0.25) is 0 Å². The van der Waals surface area contributed by atoms with Gasteiger partial charge in [0.2, 0.25) is 5.88 Å². The molecule has 0 saturated carbocycles. The van der Waals surface area contributed by atoms with Gasteiger partial charge in [-0.05, 0) is 19.4 Å². The molecule has 0 bridgehead atoms. The summed E-state index contributed by atoms with van der Waals surface area (Å²) >= 11 is 6.02. The molecule has 2 aromatic heterocycles. The molecule has 0 aromatic carbocycles. The Labute approximate surface area is 117 Å². The van der Waals surface area contributed by atoms with Crippen molar-refractivity contribution < 1.29 is 4.74 Å². The Bertz CT molecular complexity index is 572. The summed E-state index contributed by atoms with van der Waals surface area (Å²) in [5.74, 6) is 1.99. The fourth-order valence-corrected chi connectivity index (χ4v) is 1.80. The van der Waals surface area contributed by atoms with Gasteiger partial charge in [-0.25, -0.2) is 15.0 Å². The van der Waals surface area contributed by atoms with E-state index in [1.165, 1.54) is 0 Å². The molecular weight excluding hydrogens is 264 g/mol. The summed E-state index contributed by atoms with van der Waals surface area (Å²) in [4.78, 5) is 12.6. The summed E-state index contributed by atoms with van der Waals surface area (Å²) in [7, 11) is 1.59. The van der Waals surface area contributed by atoms with E-state index >= 15 is 0 Å². The number of rotatable bonds is 4. The molecule has 2 aromatic rings. The summed E-state index contributed by atoms with van der Waals surface area (Å²) in [5, 5.41) is 3.71. The fourth-order valence-electron chi connectivity index (χ4n) is 1.59. The van der Waals surface area contributed by atoms with E-state index in [0.717, 1.165) is 16.9 Å². The molecule has 0 aliphatic rings. The predicted octanol–water partition coefficient (Wildman–Crippen LogP) is 2.76. The number of nitrogens with zero attached hydrogens (tertiary/aromatic N) is 3. The highest BCUT2D eigenvalue weighted by atomic mass is 35.5. The van der Waals surface area contributed by atoms with Crippen LogP contribution in [0.15, 0.2) is 18.3 Å². The Morgan fingerprint density at radius 1 is 1.26 bits per heavy atom. The minimum Gasteiger partial charge on any atom is -0.481 e. The predicted molar refractivity (Wildman–Crippen MR) is 74.6 cm³/mol. The number of aromatic nitrogens is 3. The SMILES string of the molecule is COc1ccc(CNc2nc(C)nc(Cl)c2C)cn1. The maximum absolute atomic E-state index is 6.02. The van der Waals surface area contributed by atoms with Crippen LogP contribution in [0.2, 0.25) is 5.15 Å². The molecule has 0 fully saturated rings. The van der Waals surface area contributed by atoms with E-state index in [4.69, 9.17) is 16.3 Å². The van der Waals surface area contributed by atoms with E-state index in [0.29, 0.717) is 23.4 Å². The molecule has 0 aliphatic carbocycles. The maximum atomic E-state index is 6.02. The molecule has 0 unspecified atom stereocenters. The van der Waals surface area contributed by atoms with Gasteiger partial charge in [0.25, 0.3) is 0 Å². The number of pyridine rings is 1. The van der Waals surface area contributed by atoms with Gasteiger partial charge in [0.1, 0.15) is 16.8 Å². The Morgan fingerprint density at radius 3 is 2.68 bits per heavy atom. The molecule has 100 valence electrons. The van der Waals surface area contributed by atoms with Gasteiger partial charge in [-0.2, -0.15) is 0 Å². The first kappa shape index (κ1) is 13.5. The lowest BCUT2D eigenvalue weighted by Crippen LogP contribution is -2.06. The molecule has 0 saturated heterocycles. The van der Waals surface area contributed by atoms with Gasteiger partial charge >= 0.3 is 0 Å². The third kappa shape index (κ3) is 3.32. The Kier molecular flexibility index (Phi) is 4.16. The number of hydrogen-bond donors (Lipinski definition) is 1. The van der Waals surface area contributed by atoms with E-state index in [2.05, 4.69) is 20.3 Å². The second-order valence-electron chi connectivity index (χ2n) is 4.10. The van der Waals surface area contributed by atoms with Crippen LogP contribution in [0.25, 0.3) is 0 Å². The Morgan fingerprint density at radius 2 is 2.05 bits per heavy atom. The Hall–Kier alpha value is -1.88. The number of nitrogens with one attached hydrogen (secondary N) is 1. The molecule has 6 heteroatoms. The van der Waals surface area contributed by atoms with Gasteiger partial charge in [0.05, 0.1) is 7.11 Å². The van der Waals surface area contributed by atoms with Crippen molar-refractivity contribution in [2.45, 2.75) is 20.4 Å². The smallest absolute Gasteiger partial charge is 0.212 e. The van der Waals surface area contributed by atoms with Crippen molar-refractivity contribution >= 4 is 17.4 Å². The largest absolute Gasteiger partial charge is 0.481 e. The van der Waals surface area contributed by atoms with E-state index in [9.17, 15) is 0 Å². The van der Waals surface area contributed by atoms with Crippen LogP contribution >= 0.6 is 11.6 Å². The lowest BCUT2D eigenvalue weighted by Gasteiger charge is -2.10. The second-order valence-corrected chi connectivity index (χ2v) is 4.46. The van der Waals surface area contributed by atoms with Crippen LogP contribution in [-0.2, 0) is 6.54 Å². The van der Waals surface area contributed by atoms with E-state index in [1.54, 1.807) is 13.3 Å². The number of aryl methyl sites for hydroxylation is 1. The Balaban J connectivity index is 2.09. The molecule has 0 radical (unpaired) electrons. The van der Waals surface area contributed by atoms with Crippen molar-refractivity contribution in [2.75, 3.05) is 12.4 Å². The first-order valence-corrected chi connectivity index (χ1v) is 6.21. The third-order valence-electron chi connectivity index (χ3n) is 2.66. The number of ether oxygens (including phenoxy) is 1. The van der Waals surface area contributed by atoms with Gasteiger partial charge in [0, 0.05) is 24.4 Å². The normalized spacial score (nSPS) is 10.3. The molecule has 2 heterocycles. The summed E-state index contributed by atoms with van der Waals surface area (Å²) in [6.45, 7) is 4.31. The average molecular weight is 279 g/mol. The highest BCUT2D eigenvalue weighted by Gasteiger charge is 2.07. The van der Waals surface area contributed by atoms with Crippen molar-refractivity contribution in [3.05, 3.63) is 40.4 Å². The summed E-state index contributed by atoms with van der Waals surface area (Å²) in [6.07, 6.45) is 1.76.